The Hall–Kier alpha value is -3.55. The average molecular weight is 398 g/mol. The number of hydrogen-bond donors (Lipinski definition) is 1. The van der Waals surface area contributed by atoms with Crippen molar-refractivity contribution in [3.63, 3.8) is 0 Å². The van der Waals surface area contributed by atoms with Gasteiger partial charge in [0.05, 0.1) is 31.5 Å². The van der Waals surface area contributed by atoms with Crippen LogP contribution in [0.4, 0.5) is 11.4 Å². The molecule has 0 radical (unpaired) electrons. The second-order valence-electron chi connectivity index (χ2n) is 6.43. The molecule has 0 spiro atoms. The van der Waals surface area contributed by atoms with Crippen molar-refractivity contribution in [1.82, 2.24) is 0 Å². The van der Waals surface area contributed by atoms with Crippen LogP contribution in [0.2, 0.25) is 0 Å². The SMILES string of the molecule is COc1ccccc1NC(=O)COC(=O)[C@H]1CC(=O)N(c2ccccc2OC)C1. The zero-order chi connectivity index (χ0) is 20.8. The van der Waals surface area contributed by atoms with Crippen LogP contribution < -0.4 is 19.7 Å². The Labute approximate surface area is 168 Å². The molecule has 0 aliphatic carbocycles. The Morgan fingerprint density at radius 3 is 2.41 bits per heavy atom. The van der Waals surface area contributed by atoms with Crippen molar-refractivity contribution in [2.75, 3.05) is 37.6 Å². The molecule has 1 heterocycles. The number of nitrogens with zero attached hydrogens (tertiary/aromatic N) is 1. The third-order valence-electron chi connectivity index (χ3n) is 4.56. The number of carbonyl (C=O) groups excluding carboxylic acids is 3. The molecule has 1 aliphatic rings. The summed E-state index contributed by atoms with van der Waals surface area (Å²) in [5.41, 5.74) is 1.08. The molecule has 1 aliphatic heterocycles. The topological polar surface area (TPSA) is 94.2 Å². The van der Waals surface area contributed by atoms with Gasteiger partial charge >= 0.3 is 5.97 Å². The van der Waals surface area contributed by atoms with E-state index in [4.69, 9.17) is 14.2 Å². The Morgan fingerprint density at radius 2 is 1.69 bits per heavy atom. The predicted molar refractivity (Wildman–Crippen MR) is 106 cm³/mol. The van der Waals surface area contributed by atoms with Gasteiger partial charge in [0.25, 0.3) is 5.91 Å². The predicted octanol–water partition coefficient (Wildman–Crippen LogP) is 2.24. The molecule has 2 aromatic carbocycles. The molecule has 3 rings (SSSR count). The fourth-order valence-corrected chi connectivity index (χ4v) is 3.14. The summed E-state index contributed by atoms with van der Waals surface area (Å²) >= 11 is 0. The van der Waals surface area contributed by atoms with Crippen LogP contribution >= 0.6 is 0 Å². The summed E-state index contributed by atoms with van der Waals surface area (Å²) in [6.45, 7) is -0.275. The molecular formula is C21H22N2O6. The average Bonchev–Trinajstić information content (AvgIpc) is 3.13. The quantitative estimate of drug-likeness (QED) is 0.719. The molecular weight excluding hydrogens is 376 g/mol. The van der Waals surface area contributed by atoms with E-state index in [0.717, 1.165) is 0 Å². The highest BCUT2D eigenvalue weighted by molar-refractivity contribution is 6.01. The highest BCUT2D eigenvalue weighted by Crippen LogP contribution is 2.33. The maximum absolute atomic E-state index is 12.4. The fourth-order valence-electron chi connectivity index (χ4n) is 3.14. The molecule has 0 aromatic heterocycles. The third-order valence-corrected chi connectivity index (χ3v) is 4.56. The zero-order valence-electron chi connectivity index (χ0n) is 16.2. The normalized spacial score (nSPS) is 15.7. The van der Waals surface area contributed by atoms with Gasteiger partial charge in [-0.2, -0.15) is 0 Å². The number of anilines is 2. The van der Waals surface area contributed by atoms with Crippen molar-refractivity contribution in [2.45, 2.75) is 6.42 Å². The Bertz CT molecular complexity index is 914. The smallest absolute Gasteiger partial charge is 0.311 e. The molecule has 0 saturated carbocycles. The maximum Gasteiger partial charge on any atom is 0.311 e. The van der Waals surface area contributed by atoms with E-state index < -0.39 is 24.4 Å². The minimum absolute atomic E-state index is 0.0189. The van der Waals surface area contributed by atoms with Crippen LogP contribution in [0.25, 0.3) is 0 Å². The Kier molecular flexibility index (Phi) is 6.33. The van der Waals surface area contributed by atoms with E-state index in [2.05, 4.69) is 5.32 Å². The van der Waals surface area contributed by atoms with Gasteiger partial charge in [-0.05, 0) is 24.3 Å². The van der Waals surface area contributed by atoms with E-state index in [0.29, 0.717) is 22.9 Å². The summed E-state index contributed by atoms with van der Waals surface area (Å²) in [5, 5.41) is 2.63. The van der Waals surface area contributed by atoms with Gasteiger partial charge in [-0.15, -0.1) is 0 Å². The number of hydrogen-bond acceptors (Lipinski definition) is 6. The van der Waals surface area contributed by atoms with Crippen LogP contribution in [0.1, 0.15) is 6.42 Å². The maximum atomic E-state index is 12.4. The monoisotopic (exact) mass is 398 g/mol. The van der Waals surface area contributed by atoms with E-state index in [1.165, 1.54) is 19.1 Å². The molecule has 0 bridgehead atoms. The first-order chi connectivity index (χ1) is 14.0. The number of methoxy groups -OCH3 is 2. The lowest BCUT2D eigenvalue weighted by Crippen LogP contribution is -2.28. The van der Waals surface area contributed by atoms with Crippen molar-refractivity contribution in [2.24, 2.45) is 5.92 Å². The van der Waals surface area contributed by atoms with Gasteiger partial charge in [0.2, 0.25) is 5.91 Å². The molecule has 1 fully saturated rings. The van der Waals surface area contributed by atoms with Gasteiger partial charge in [-0.3, -0.25) is 14.4 Å². The zero-order valence-corrected chi connectivity index (χ0v) is 16.2. The summed E-state index contributed by atoms with van der Waals surface area (Å²) < 4.78 is 15.6. The Morgan fingerprint density at radius 1 is 1.03 bits per heavy atom. The Balaban J connectivity index is 1.56. The van der Waals surface area contributed by atoms with Gasteiger partial charge in [-0.1, -0.05) is 24.3 Å². The molecule has 1 atom stereocenters. The third kappa shape index (κ3) is 4.66. The molecule has 2 aromatic rings. The first kappa shape index (κ1) is 20.2. The summed E-state index contributed by atoms with van der Waals surface area (Å²) in [7, 11) is 3.01. The minimum atomic E-state index is -0.647. The number of esters is 1. The van der Waals surface area contributed by atoms with Gasteiger partial charge < -0.3 is 24.4 Å². The highest BCUT2D eigenvalue weighted by atomic mass is 16.5. The number of benzene rings is 2. The second-order valence-corrected chi connectivity index (χ2v) is 6.43. The largest absolute Gasteiger partial charge is 0.495 e. The van der Waals surface area contributed by atoms with E-state index >= 15 is 0 Å². The number of nitrogens with one attached hydrogen (secondary N) is 1. The molecule has 8 heteroatoms. The number of ether oxygens (including phenoxy) is 3. The van der Waals surface area contributed by atoms with Gasteiger partial charge in [0.1, 0.15) is 11.5 Å². The number of amides is 2. The number of carbonyl (C=O) groups is 3. The lowest BCUT2D eigenvalue weighted by Gasteiger charge is -2.19. The van der Waals surface area contributed by atoms with E-state index in [1.54, 1.807) is 48.5 Å². The molecule has 152 valence electrons. The van der Waals surface area contributed by atoms with Gasteiger partial charge in [0, 0.05) is 13.0 Å². The number of rotatable bonds is 7. The molecule has 0 unspecified atom stereocenters. The van der Waals surface area contributed by atoms with Crippen LogP contribution in [0.15, 0.2) is 48.5 Å². The van der Waals surface area contributed by atoms with Crippen molar-refractivity contribution in [3.05, 3.63) is 48.5 Å². The molecule has 1 saturated heterocycles. The summed E-state index contributed by atoms with van der Waals surface area (Å²) in [6.07, 6.45) is 0.0189. The first-order valence-electron chi connectivity index (χ1n) is 9.06. The summed E-state index contributed by atoms with van der Waals surface area (Å²) in [6, 6.07) is 14.0. The minimum Gasteiger partial charge on any atom is -0.495 e. The van der Waals surface area contributed by atoms with Crippen molar-refractivity contribution < 1.29 is 28.6 Å². The van der Waals surface area contributed by atoms with E-state index in [-0.39, 0.29) is 18.9 Å². The summed E-state index contributed by atoms with van der Waals surface area (Å²) in [4.78, 5) is 38.3. The second kappa shape index (κ2) is 9.09. The van der Waals surface area contributed by atoms with E-state index in [9.17, 15) is 14.4 Å². The molecule has 1 N–H and O–H groups in total. The molecule has 2 amide bonds. The van der Waals surface area contributed by atoms with Crippen LogP contribution in [0.5, 0.6) is 11.5 Å². The summed E-state index contributed by atoms with van der Waals surface area (Å²) in [5.74, 6) is -0.881. The van der Waals surface area contributed by atoms with Crippen LogP contribution in [-0.4, -0.2) is 45.2 Å². The molecule has 29 heavy (non-hydrogen) atoms. The van der Waals surface area contributed by atoms with Crippen LogP contribution in [0.3, 0.4) is 0 Å². The number of para-hydroxylation sites is 4. The van der Waals surface area contributed by atoms with Gasteiger partial charge in [0.15, 0.2) is 6.61 Å². The highest BCUT2D eigenvalue weighted by Gasteiger charge is 2.37. The fraction of sp³-hybridized carbons (Fsp3) is 0.286. The van der Waals surface area contributed by atoms with Crippen molar-refractivity contribution in [3.8, 4) is 11.5 Å². The van der Waals surface area contributed by atoms with E-state index in [1.807, 2.05) is 0 Å². The van der Waals surface area contributed by atoms with Crippen LogP contribution in [-0.2, 0) is 19.1 Å². The van der Waals surface area contributed by atoms with Crippen molar-refractivity contribution >= 4 is 29.2 Å². The lowest BCUT2D eigenvalue weighted by atomic mass is 10.1. The lowest BCUT2D eigenvalue weighted by molar-refractivity contribution is -0.151. The van der Waals surface area contributed by atoms with Crippen LogP contribution in [0, 0.1) is 5.92 Å². The van der Waals surface area contributed by atoms with Crippen molar-refractivity contribution in [1.29, 1.82) is 0 Å². The molecule has 8 nitrogen and oxygen atoms in total. The standard InChI is InChI=1S/C21H22N2O6/c1-27-17-9-5-3-7-15(17)22-19(24)13-29-21(26)14-11-20(25)23(12-14)16-8-4-6-10-18(16)28-2/h3-10,14H,11-13H2,1-2H3,(H,22,24)/t14-/m0/s1. The first-order valence-corrected chi connectivity index (χ1v) is 9.06. The van der Waals surface area contributed by atoms with Gasteiger partial charge in [-0.25, -0.2) is 0 Å².